The second-order valence-electron chi connectivity index (χ2n) is 2.12. The molecule has 2 heteroatoms. The molecule has 0 amide bonds. The van der Waals surface area contributed by atoms with E-state index in [2.05, 4.69) is 10.8 Å². The molecule has 0 bridgehead atoms. The predicted molar refractivity (Wildman–Crippen MR) is 47.0 cm³/mol. The highest BCUT2D eigenvalue weighted by atomic mass is 35.5. The van der Waals surface area contributed by atoms with Crippen molar-refractivity contribution in [1.82, 2.24) is 4.84 Å². The van der Waals surface area contributed by atoms with Crippen LogP contribution >= 0.6 is 11.8 Å². The smallest absolute Gasteiger partial charge is 0.108 e. The van der Waals surface area contributed by atoms with Gasteiger partial charge in [-0.1, -0.05) is 36.3 Å². The summed E-state index contributed by atoms with van der Waals surface area (Å²) in [6.07, 6.45) is 5.22. The van der Waals surface area contributed by atoms with Crippen LogP contribution in [0.4, 0.5) is 0 Å². The average Bonchev–Trinajstić information content (AvgIpc) is 2.09. The maximum absolute atomic E-state index is 5.41. The molecule has 1 nitrogen and oxygen atoms in total. The molecule has 0 saturated heterocycles. The molecule has 1 atom stereocenters. The van der Waals surface area contributed by atoms with E-state index in [1.165, 1.54) is 0 Å². The van der Waals surface area contributed by atoms with E-state index in [0.29, 0.717) is 0 Å². The Kier molecular flexibility index (Phi) is 2.97. The Balaban J connectivity index is 2.85. The lowest BCUT2D eigenvalue weighted by atomic mass is 10.1. The summed E-state index contributed by atoms with van der Waals surface area (Å²) in [6.45, 7) is 0. The van der Waals surface area contributed by atoms with Crippen molar-refractivity contribution >= 4 is 11.8 Å². The molecule has 0 saturated carbocycles. The summed E-state index contributed by atoms with van der Waals surface area (Å²) in [7, 11) is 0. The van der Waals surface area contributed by atoms with Gasteiger partial charge in [0.2, 0.25) is 0 Å². The summed E-state index contributed by atoms with van der Waals surface area (Å²) in [5.41, 5.74) is 1.00. The number of benzene rings is 1. The van der Waals surface area contributed by atoms with Crippen LogP contribution in [-0.4, -0.2) is 0 Å². The molecule has 11 heavy (non-hydrogen) atoms. The number of halogens is 1. The molecule has 1 aromatic carbocycles. The van der Waals surface area contributed by atoms with Gasteiger partial charge in [0.1, 0.15) is 6.04 Å². The van der Waals surface area contributed by atoms with Gasteiger partial charge in [-0.15, -0.1) is 6.42 Å². The van der Waals surface area contributed by atoms with Gasteiger partial charge in [-0.2, -0.15) is 0 Å². The molecular formula is C9H8ClN. The van der Waals surface area contributed by atoms with Crippen molar-refractivity contribution in [3.63, 3.8) is 0 Å². The quantitative estimate of drug-likeness (QED) is 0.523. The van der Waals surface area contributed by atoms with E-state index in [4.69, 9.17) is 18.2 Å². The zero-order valence-electron chi connectivity index (χ0n) is 5.92. The van der Waals surface area contributed by atoms with Crippen LogP contribution in [0.3, 0.4) is 0 Å². The van der Waals surface area contributed by atoms with Crippen LogP contribution < -0.4 is 4.84 Å². The predicted octanol–water partition coefficient (Wildman–Crippen LogP) is 2.10. The zero-order chi connectivity index (χ0) is 8.10. The van der Waals surface area contributed by atoms with Crippen LogP contribution in [0, 0.1) is 12.3 Å². The summed E-state index contributed by atoms with van der Waals surface area (Å²) >= 11 is 5.41. The minimum atomic E-state index is -0.196. The Hall–Kier alpha value is -0.970. The third-order valence-electron chi connectivity index (χ3n) is 1.41. The van der Waals surface area contributed by atoms with Gasteiger partial charge in [0.05, 0.1) is 0 Å². The van der Waals surface area contributed by atoms with Crippen molar-refractivity contribution in [1.29, 1.82) is 0 Å². The van der Waals surface area contributed by atoms with Gasteiger partial charge in [-0.3, -0.25) is 0 Å². The first-order chi connectivity index (χ1) is 5.38. The highest BCUT2D eigenvalue weighted by Gasteiger charge is 2.02. The topological polar surface area (TPSA) is 12.0 Å². The number of hydrogen-bond donors (Lipinski definition) is 1. The Morgan fingerprint density at radius 3 is 2.45 bits per heavy atom. The lowest BCUT2D eigenvalue weighted by molar-refractivity contribution is 0.855. The van der Waals surface area contributed by atoms with E-state index in [0.717, 1.165) is 5.56 Å². The minimum absolute atomic E-state index is 0.196. The van der Waals surface area contributed by atoms with Crippen molar-refractivity contribution < 1.29 is 0 Å². The fourth-order valence-electron chi connectivity index (χ4n) is 0.836. The summed E-state index contributed by atoms with van der Waals surface area (Å²) < 4.78 is 0. The molecule has 0 heterocycles. The van der Waals surface area contributed by atoms with Crippen LogP contribution in [0.2, 0.25) is 0 Å². The molecule has 1 aromatic rings. The monoisotopic (exact) mass is 165 g/mol. The molecule has 1 N–H and O–H groups in total. The van der Waals surface area contributed by atoms with Crippen LogP contribution in [-0.2, 0) is 0 Å². The fourth-order valence-corrected chi connectivity index (χ4v) is 1.03. The highest BCUT2D eigenvalue weighted by molar-refractivity contribution is 6.13. The SMILES string of the molecule is C#CC(NCl)c1ccccc1. The van der Waals surface area contributed by atoms with E-state index >= 15 is 0 Å². The molecular weight excluding hydrogens is 158 g/mol. The highest BCUT2D eigenvalue weighted by Crippen LogP contribution is 2.10. The number of terminal acetylenes is 1. The zero-order valence-corrected chi connectivity index (χ0v) is 6.68. The fraction of sp³-hybridized carbons (Fsp3) is 0.111. The maximum Gasteiger partial charge on any atom is 0.108 e. The third kappa shape index (κ3) is 1.98. The Bertz CT molecular complexity index is 250. The van der Waals surface area contributed by atoms with Crippen LogP contribution in [0.15, 0.2) is 30.3 Å². The van der Waals surface area contributed by atoms with Gasteiger partial charge in [-0.05, 0) is 17.3 Å². The second kappa shape index (κ2) is 4.02. The maximum atomic E-state index is 5.41. The molecule has 0 aromatic heterocycles. The van der Waals surface area contributed by atoms with Crippen LogP contribution in [0.5, 0.6) is 0 Å². The van der Waals surface area contributed by atoms with Gasteiger partial charge in [-0.25, -0.2) is 4.84 Å². The molecule has 56 valence electrons. The number of hydrogen-bond acceptors (Lipinski definition) is 1. The second-order valence-corrected chi connectivity index (χ2v) is 2.34. The normalized spacial score (nSPS) is 12.0. The van der Waals surface area contributed by atoms with Crippen LogP contribution in [0.25, 0.3) is 0 Å². The molecule has 1 rings (SSSR count). The Morgan fingerprint density at radius 2 is 2.00 bits per heavy atom. The lowest BCUT2D eigenvalue weighted by Gasteiger charge is -2.06. The Labute approximate surface area is 71.5 Å². The molecule has 1 unspecified atom stereocenters. The van der Waals surface area contributed by atoms with Crippen molar-refractivity contribution in [3.05, 3.63) is 35.9 Å². The van der Waals surface area contributed by atoms with E-state index in [9.17, 15) is 0 Å². The van der Waals surface area contributed by atoms with Crippen LogP contribution in [0.1, 0.15) is 11.6 Å². The van der Waals surface area contributed by atoms with Gasteiger partial charge in [0.25, 0.3) is 0 Å². The first kappa shape index (κ1) is 8.13. The van der Waals surface area contributed by atoms with E-state index in [1.54, 1.807) is 0 Å². The van der Waals surface area contributed by atoms with Gasteiger partial charge < -0.3 is 0 Å². The molecule has 0 aliphatic carbocycles. The lowest BCUT2D eigenvalue weighted by Crippen LogP contribution is -2.07. The van der Waals surface area contributed by atoms with Crippen molar-refractivity contribution in [2.45, 2.75) is 6.04 Å². The average molecular weight is 166 g/mol. The summed E-state index contributed by atoms with van der Waals surface area (Å²) in [6, 6.07) is 9.45. The van der Waals surface area contributed by atoms with Gasteiger partial charge in [0, 0.05) is 0 Å². The van der Waals surface area contributed by atoms with Crippen molar-refractivity contribution in [3.8, 4) is 12.3 Å². The first-order valence-electron chi connectivity index (χ1n) is 3.25. The van der Waals surface area contributed by atoms with Crippen molar-refractivity contribution in [2.75, 3.05) is 0 Å². The summed E-state index contributed by atoms with van der Waals surface area (Å²) in [5, 5.41) is 0. The number of rotatable bonds is 2. The molecule has 0 aliphatic heterocycles. The van der Waals surface area contributed by atoms with E-state index in [1.807, 2.05) is 30.3 Å². The molecule has 0 radical (unpaired) electrons. The molecule has 0 spiro atoms. The minimum Gasteiger partial charge on any atom is -0.214 e. The largest absolute Gasteiger partial charge is 0.214 e. The third-order valence-corrected chi connectivity index (χ3v) is 1.63. The molecule has 0 aliphatic rings. The van der Waals surface area contributed by atoms with Gasteiger partial charge >= 0.3 is 0 Å². The summed E-state index contributed by atoms with van der Waals surface area (Å²) in [5.74, 6) is 2.52. The standard InChI is InChI=1S/C9H8ClN/c1-2-9(11-10)8-6-4-3-5-7-8/h1,3-7,9,11H. The number of nitrogens with one attached hydrogen (secondary N) is 1. The molecule has 0 fully saturated rings. The first-order valence-corrected chi connectivity index (χ1v) is 3.63. The summed E-state index contributed by atoms with van der Waals surface area (Å²) in [4.78, 5) is 2.50. The Morgan fingerprint density at radius 1 is 1.36 bits per heavy atom. The van der Waals surface area contributed by atoms with Gasteiger partial charge in [0.15, 0.2) is 0 Å². The van der Waals surface area contributed by atoms with E-state index in [-0.39, 0.29) is 6.04 Å². The van der Waals surface area contributed by atoms with Crippen molar-refractivity contribution in [2.24, 2.45) is 0 Å². The van der Waals surface area contributed by atoms with E-state index < -0.39 is 0 Å².